The lowest BCUT2D eigenvalue weighted by Crippen LogP contribution is -2.19. The van der Waals surface area contributed by atoms with Crippen LogP contribution >= 0.6 is 11.6 Å². The van der Waals surface area contributed by atoms with Gasteiger partial charge in [0.2, 0.25) is 12.9 Å². The number of aliphatic imine (C=N–C) groups is 1. The molecule has 1 aliphatic carbocycles. The average Bonchev–Trinajstić information content (AvgIpc) is 3.03. The van der Waals surface area contributed by atoms with Gasteiger partial charge in [0, 0.05) is 11.1 Å². The molecule has 0 N–H and O–H groups in total. The highest BCUT2D eigenvalue weighted by molar-refractivity contribution is 6.32. The summed E-state index contributed by atoms with van der Waals surface area (Å²) < 4.78 is 10.8. The molecule has 0 saturated heterocycles. The van der Waals surface area contributed by atoms with Crippen molar-refractivity contribution in [2.45, 2.75) is 38.1 Å². The van der Waals surface area contributed by atoms with E-state index in [1.807, 2.05) is 13.0 Å². The highest BCUT2D eigenvalue weighted by Crippen LogP contribution is 2.50. The van der Waals surface area contributed by atoms with Gasteiger partial charge in [-0.1, -0.05) is 24.4 Å². The fourth-order valence-corrected chi connectivity index (χ4v) is 3.33. The molecule has 5 heteroatoms. The number of nitrogens with zero attached hydrogens (tertiary/aromatic N) is 1. The third kappa shape index (κ3) is 1.83. The molecule has 19 heavy (non-hydrogen) atoms. The summed E-state index contributed by atoms with van der Waals surface area (Å²) in [4.78, 5) is 14.8. The standard InChI is InChI=1S/C14H14ClNO3/c1-9-12(15)10(6-11-13(9)19-8-18-11)14(16-7-17)4-2-3-5-14/h6H,2-5,8H2,1H3. The van der Waals surface area contributed by atoms with Gasteiger partial charge in [0.05, 0.1) is 10.6 Å². The van der Waals surface area contributed by atoms with Crippen molar-refractivity contribution in [3.63, 3.8) is 0 Å². The van der Waals surface area contributed by atoms with E-state index in [0.29, 0.717) is 16.5 Å². The van der Waals surface area contributed by atoms with Gasteiger partial charge in [-0.05, 0) is 25.8 Å². The van der Waals surface area contributed by atoms with E-state index in [0.717, 1.165) is 36.8 Å². The SMILES string of the molecule is Cc1c(Cl)c(C2(N=C=O)CCCC2)cc2c1OCO2. The second-order valence-corrected chi connectivity index (χ2v) is 5.42. The highest BCUT2D eigenvalue weighted by atomic mass is 35.5. The van der Waals surface area contributed by atoms with Crippen LogP contribution in [-0.4, -0.2) is 12.9 Å². The predicted octanol–water partition coefficient (Wildman–Crippen LogP) is 3.48. The van der Waals surface area contributed by atoms with Crippen molar-refractivity contribution >= 4 is 17.7 Å². The van der Waals surface area contributed by atoms with Gasteiger partial charge in [0.1, 0.15) is 0 Å². The summed E-state index contributed by atoms with van der Waals surface area (Å²) in [5, 5.41) is 0.616. The van der Waals surface area contributed by atoms with Crippen molar-refractivity contribution in [3.8, 4) is 11.5 Å². The van der Waals surface area contributed by atoms with E-state index in [1.54, 1.807) is 6.08 Å². The molecule has 1 aromatic carbocycles. The topological polar surface area (TPSA) is 47.9 Å². The summed E-state index contributed by atoms with van der Waals surface area (Å²) in [5.74, 6) is 1.38. The maximum atomic E-state index is 10.8. The molecule has 1 fully saturated rings. The van der Waals surface area contributed by atoms with Crippen LogP contribution in [0.1, 0.15) is 36.8 Å². The van der Waals surface area contributed by atoms with Crippen molar-refractivity contribution in [2.24, 2.45) is 4.99 Å². The number of carbonyl (C=O) groups excluding carboxylic acids is 1. The smallest absolute Gasteiger partial charge is 0.235 e. The Bertz CT molecular complexity index is 573. The van der Waals surface area contributed by atoms with Crippen LogP contribution in [-0.2, 0) is 10.3 Å². The van der Waals surface area contributed by atoms with Crippen molar-refractivity contribution in [3.05, 3.63) is 22.2 Å². The number of hydrogen-bond acceptors (Lipinski definition) is 4. The second-order valence-electron chi connectivity index (χ2n) is 5.04. The van der Waals surface area contributed by atoms with Crippen LogP contribution in [0.25, 0.3) is 0 Å². The first kappa shape index (κ1) is 12.5. The van der Waals surface area contributed by atoms with E-state index < -0.39 is 5.54 Å². The molecule has 1 aromatic rings. The number of isocyanates is 1. The summed E-state index contributed by atoms with van der Waals surface area (Å²) >= 11 is 6.46. The first-order valence-corrected chi connectivity index (χ1v) is 6.74. The zero-order valence-electron chi connectivity index (χ0n) is 10.7. The molecule has 1 saturated carbocycles. The molecular formula is C14H14ClNO3. The largest absolute Gasteiger partial charge is 0.454 e. The van der Waals surface area contributed by atoms with E-state index in [4.69, 9.17) is 21.1 Å². The molecule has 0 amide bonds. The third-order valence-electron chi connectivity index (χ3n) is 4.01. The quantitative estimate of drug-likeness (QED) is 0.615. The summed E-state index contributed by atoms with van der Waals surface area (Å²) in [5.41, 5.74) is 1.17. The van der Waals surface area contributed by atoms with Crippen molar-refractivity contribution in [1.29, 1.82) is 0 Å². The molecule has 0 radical (unpaired) electrons. The molecule has 1 heterocycles. The van der Waals surface area contributed by atoms with E-state index in [9.17, 15) is 4.79 Å². The van der Waals surface area contributed by atoms with Crippen LogP contribution in [0.4, 0.5) is 0 Å². The Labute approximate surface area is 116 Å². The average molecular weight is 280 g/mol. The van der Waals surface area contributed by atoms with E-state index in [1.165, 1.54) is 0 Å². The molecular weight excluding hydrogens is 266 g/mol. The Morgan fingerprint density at radius 3 is 2.79 bits per heavy atom. The lowest BCUT2D eigenvalue weighted by Gasteiger charge is -2.25. The zero-order valence-corrected chi connectivity index (χ0v) is 11.4. The van der Waals surface area contributed by atoms with Gasteiger partial charge in [-0.15, -0.1) is 0 Å². The first-order valence-electron chi connectivity index (χ1n) is 6.36. The second kappa shape index (κ2) is 4.55. The molecule has 0 spiro atoms. The predicted molar refractivity (Wildman–Crippen MR) is 70.6 cm³/mol. The molecule has 3 rings (SSSR count). The number of ether oxygens (including phenoxy) is 2. The molecule has 100 valence electrons. The Morgan fingerprint density at radius 2 is 2.11 bits per heavy atom. The highest BCUT2D eigenvalue weighted by Gasteiger charge is 2.39. The number of halogens is 1. The number of fused-ring (bicyclic) bond motifs is 1. The van der Waals surface area contributed by atoms with Crippen LogP contribution in [0.2, 0.25) is 5.02 Å². The number of benzene rings is 1. The number of hydrogen-bond donors (Lipinski definition) is 0. The maximum absolute atomic E-state index is 10.8. The van der Waals surface area contributed by atoms with Crippen molar-refractivity contribution in [1.82, 2.24) is 0 Å². The fourth-order valence-electron chi connectivity index (χ4n) is 3.01. The molecule has 4 nitrogen and oxygen atoms in total. The summed E-state index contributed by atoms with van der Waals surface area (Å²) in [7, 11) is 0. The Balaban J connectivity index is 2.19. The van der Waals surface area contributed by atoms with Gasteiger partial charge >= 0.3 is 0 Å². The van der Waals surface area contributed by atoms with Crippen LogP contribution in [0.3, 0.4) is 0 Å². The van der Waals surface area contributed by atoms with Gasteiger partial charge < -0.3 is 9.47 Å². The van der Waals surface area contributed by atoms with Crippen LogP contribution in [0.5, 0.6) is 11.5 Å². The number of rotatable bonds is 2. The van der Waals surface area contributed by atoms with E-state index >= 15 is 0 Å². The lowest BCUT2D eigenvalue weighted by atomic mass is 9.87. The van der Waals surface area contributed by atoms with Gasteiger partial charge in [-0.3, -0.25) is 0 Å². The summed E-state index contributed by atoms with van der Waals surface area (Å²) in [6.07, 6.45) is 5.42. The van der Waals surface area contributed by atoms with Crippen molar-refractivity contribution < 1.29 is 14.3 Å². The molecule has 0 atom stereocenters. The summed E-state index contributed by atoms with van der Waals surface area (Å²) in [6.45, 7) is 2.10. The zero-order chi connectivity index (χ0) is 13.5. The Hall–Kier alpha value is -1.51. The molecule has 0 unspecified atom stereocenters. The minimum Gasteiger partial charge on any atom is -0.454 e. The van der Waals surface area contributed by atoms with Gasteiger partial charge in [-0.25, -0.2) is 4.79 Å². The Kier molecular flexibility index (Phi) is 3.00. The third-order valence-corrected chi connectivity index (χ3v) is 4.50. The van der Waals surface area contributed by atoms with Gasteiger partial charge in [0.25, 0.3) is 0 Å². The fraction of sp³-hybridized carbons (Fsp3) is 0.500. The van der Waals surface area contributed by atoms with Crippen LogP contribution in [0, 0.1) is 6.92 Å². The molecule has 2 aliphatic rings. The minimum absolute atomic E-state index is 0.208. The van der Waals surface area contributed by atoms with Crippen molar-refractivity contribution in [2.75, 3.05) is 6.79 Å². The normalized spacial score (nSPS) is 19.3. The first-order chi connectivity index (χ1) is 9.18. The molecule has 0 bridgehead atoms. The van der Waals surface area contributed by atoms with Gasteiger partial charge in [-0.2, -0.15) is 4.99 Å². The minimum atomic E-state index is -0.537. The van der Waals surface area contributed by atoms with Gasteiger partial charge in [0.15, 0.2) is 11.5 Å². The van der Waals surface area contributed by atoms with E-state index in [2.05, 4.69) is 4.99 Å². The molecule has 0 aromatic heterocycles. The molecule has 1 aliphatic heterocycles. The maximum Gasteiger partial charge on any atom is 0.235 e. The Morgan fingerprint density at radius 1 is 1.37 bits per heavy atom. The monoisotopic (exact) mass is 279 g/mol. The van der Waals surface area contributed by atoms with E-state index in [-0.39, 0.29) is 6.79 Å². The summed E-state index contributed by atoms with van der Waals surface area (Å²) in [6, 6.07) is 1.86. The van der Waals surface area contributed by atoms with Crippen LogP contribution in [0.15, 0.2) is 11.1 Å². The lowest BCUT2D eigenvalue weighted by molar-refractivity contribution is 0.173. The van der Waals surface area contributed by atoms with Crippen LogP contribution < -0.4 is 9.47 Å².